The molecule has 0 aromatic carbocycles. The van der Waals surface area contributed by atoms with Crippen molar-refractivity contribution in [3.63, 3.8) is 0 Å². The van der Waals surface area contributed by atoms with E-state index in [1.807, 2.05) is 0 Å². The summed E-state index contributed by atoms with van der Waals surface area (Å²) < 4.78 is 40.3. The van der Waals surface area contributed by atoms with Gasteiger partial charge in [-0.15, -0.1) is 0 Å². The van der Waals surface area contributed by atoms with Gasteiger partial charge in [-0.25, -0.2) is 13.1 Å². The molecule has 0 aliphatic carbocycles. The van der Waals surface area contributed by atoms with Gasteiger partial charge in [-0.1, -0.05) is 0 Å². The lowest BCUT2D eigenvalue weighted by Crippen LogP contribution is -2.33. The van der Waals surface area contributed by atoms with Gasteiger partial charge in [0.25, 0.3) is 0 Å². The molecular formula is C12H26N2O6S. The molecule has 0 aromatic heterocycles. The normalized spacial score (nSPS) is 11.8. The Hall–Kier alpha value is -0.740. The van der Waals surface area contributed by atoms with E-state index < -0.39 is 15.3 Å². The Bertz CT molecular complexity index is 372. The van der Waals surface area contributed by atoms with Crippen LogP contribution in [-0.2, 0) is 29.0 Å². The molecule has 0 unspecified atom stereocenters. The summed E-state index contributed by atoms with van der Waals surface area (Å²) in [6, 6.07) is 0. The van der Waals surface area contributed by atoms with E-state index in [9.17, 15) is 13.2 Å². The van der Waals surface area contributed by atoms with Gasteiger partial charge in [-0.05, 0) is 13.8 Å². The molecule has 0 heterocycles. The van der Waals surface area contributed by atoms with Crippen molar-refractivity contribution in [1.29, 1.82) is 0 Å². The highest BCUT2D eigenvalue weighted by molar-refractivity contribution is 7.90. The van der Waals surface area contributed by atoms with E-state index in [0.717, 1.165) is 0 Å². The van der Waals surface area contributed by atoms with E-state index in [1.165, 1.54) is 7.11 Å². The van der Waals surface area contributed by atoms with E-state index in [2.05, 4.69) is 14.8 Å². The number of nitrogens with one attached hydrogen (secondary N) is 2. The third-order valence-electron chi connectivity index (χ3n) is 2.39. The second kappa shape index (κ2) is 11.9. The molecule has 8 nitrogen and oxygen atoms in total. The van der Waals surface area contributed by atoms with Gasteiger partial charge in [0.1, 0.15) is 6.61 Å². The van der Waals surface area contributed by atoms with Crippen LogP contribution in [0, 0.1) is 0 Å². The molecule has 0 spiro atoms. The first kappa shape index (κ1) is 20.3. The maximum absolute atomic E-state index is 11.4. The molecule has 0 radical (unpaired) electrons. The van der Waals surface area contributed by atoms with Crippen LogP contribution in [0.5, 0.6) is 0 Å². The highest BCUT2D eigenvalue weighted by Gasteiger charge is 2.13. The van der Waals surface area contributed by atoms with Gasteiger partial charge in [0.15, 0.2) is 0 Å². The lowest BCUT2D eigenvalue weighted by molar-refractivity contribution is -0.124. The molecule has 0 aliphatic rings. The maximum atomic E-state index is 11.4. The smallest absolute Gasteiger partial charge is 0.246 e. The van der Waals surface area contributed by atoms with Crippen molar-refractivity contribution < 1.29 is 27.4 Å². The minimum atomic E-state index is -3.23. The van der Waals surface area contributed by atoms with Gasteiger partial charge in [-0.3, -0.25) is 4.79 Å². The Labute approximate surface area is 126 Å². The molecule has 21 heavy (non-hydrogen) atoms. The Morgan fingerprint density at radius 3 is 2.14 bits per heavy atom. The van der Waals surface area contributed by atoms with Crippen molar-refractivity contribution in [2.24, 2.45) is 0 Å². The summed E-state index contributed by atoms with van der Waals surface area (Å²) >= 11 is 0. The van der Waals surface area contributed by atoms with Crippen LogP contribution in [0.4, 0.5) is 0 Å². The summed E-state index contributed by atoms with van der Waals surface area (Å²) in [6.07, 6.45) is 0. The molecule has 0 bridgehead atoms. The topological polar surface area (TPSA) is 103 Å². The third kappa shape index (κ3) is 11.6. The van der Waals surface area contributed by atoms with Crippen molar-refractivity contribution in [1.82, 2.24) is 10.0 Å². The van der Waals surface area contributed by atoms with E-state index >= 15 is 0 Å². The van der Waals surface area contributed by atoms with Gasteiger partial charge >= 0.3 is 0 Å². The molecular weight excluding hydrogens is 300 g/mol. The quantitative estimate of drug-likeness (QED) is 0.426. The predicted octanol–water partition coefficient (Wildman–Crippen LogP) is -0.890. The number of amides is 1. The van der Waals surface area contributed by atoms with Crippen LogP contribution >= 0.6 is 0 Å². The first-order valence-electron chi connectivity index (χ1n) is 6.79. The van der Waals surface area contributed by atoms with Gasteiger partial charge in [0.2, 0.25) is 15.9 Å². The van der Waals surface area contributed by atoms with Gasteiger partial charge < -0.3 is 19.5 Å². The number of methoxy groups -OCH3 is 1. The highest BCUT2D eigenvalue weighted by Crippen LogP contribution is 1.94. The second-order valence-electron chi connectivity index (χ2n) is 4.50. The van der Waals surface area contributed by atoms with E-state index in [0.29, 0.717) is 33.0 Å². The lowest BCUT2D eigenvalue weighted by Gasteiger charge is -2.10. The summed E-state index contributed by atoms with van der Waals surface area (Å²) in [5.41, 5.74) is 0. The zero-order chi connectivity index (χ0) is 16.1. The summed E-state index contributed by atoms with van der Waals surface area (Å²) in [5.74, 6) is -0.185. The average Bonchev–Trinajstić information content (AvgIpc) is 2.41. The minimum Gasteiger partial charge on any atom is -0.378 e. The molecule has 0 rings (SSSR count). The lowest BCUT2D eigenvalue weighted by atomic mass is 10.6. The fourth-order valence-electron chi connectivity index (χ4n) is 1.19. The third-order valence-corrected chi connectivity index (χ3v) is 4.23. The first-order valence-corrected chi connectivity index (χ1v) is 8.34. The van der Waals surface area contributed by atoms with Gasteiger partial charge in [0.05, 0.1) is 31.7 Å². The van der Waals surface area contributed by atoms with E-state index in [1.54, 1.807) is 13.8 Å². The number of sulfonamides is 1. The van der Waals surface area contributed by atoms with E-state index in [-0.39, 0.29) is 19.1 Å². The fourth-order valence-corrected chi connectivity index (χ4v) is 1.89. The number of carbonyl (C=O) groups excluding carboxylic acids is 1. The van der Waals surface area contributed by atoms with Crippen molar-refractivity contribution in [2.75, 3.05) is 53.2 Å². The molecule has 0 saturated carbocycles. The molecule has 0 saturated heterocycles. The van der Waals surface area contributed by atoms with Crippen LogP contribution in [0.1, 0.15) is 13.8 Å². The summed E-state index contributed by atoms with van der Waals surface area (Å²) in [7, 11) is -1.77. The van der Waals surface area contributed by atoms with Crippen LogP contribution in [0.2, 0.25) is 0 Å². The summed E-state index contributed by atoms with van der Waals surface area (Å²) in [4.78, 5) is 11.0. The largest absolute Gasteiger partial charge is 0.378 e. The van der Waals surface area contributed by atoms with E-state index in [4.69, 9.17) is 9.47 Å². The number of hydrogen-bond acceptors (Lipinski definition) is 6. The Morgan fingerprint density at radius 2 is 1.62 bits per heavy atom. The molecule has 126 valence electrons. The van der Waals surface area contributed by atoms with Crippen molar-refractivity contribution in [2.45, 2.75) is 19.1 Å². The minimum absolute atomic E-state index is 0.0371. The average molecular weight is 326 g/mol. The Morgan fingerprint density at radius 1 is 1.05 bits per heavy atom. The van der Waals surface area contributed by atoms with Gasteiger partial charge in [0, 0.05) is 20.2 Å². The predicted molar refractivity (Wildman–Crippen MR) is 78.6 cm³/mol. The van der Waals surface area contributed by atoms with Crippen molar-refractivity contribution >= 4 is 15.9 Å². The van der Waals surface area contributed by atoms with Gasteiger partial charge in [-0.2, -0.15) is 0 Å². The molecule has 9 heteroatoms. The number of hydrogen-bond donors (Lipinski definition) is 2. The maximum Gasteiger partial charge on any atom is 0.246 e. The SMILES string of the molecule is COCC(=O)NCCOCCOCCNS(=O)(=O)C(C)C. The highest BCUT2D eigenvalue weighted by atomic mass is 32.2. The van der Waals surface area contributed by atoms with Crippen molar-refractivity contribution in [3.8, 4) is 0 Å². The fraction of sp³-hybridized carbons (Fsp3) is 0.917. The number of ether oxygens (including phenoxy) is 3. The van der Waals surface area contributed by atoms with Crippen LogP contribution in [0.3, 0.4) is 0 Å². The number of carbonyl (C=O) groups is 1. The zero-order valence-electron chi connectivity index (χ0n) is 12.9. The van der Waals surface area contributed by atoms with Crippen LogP contribution in [-0.4, -0.2) is 72.8 Å². The summed E-state index contributed by atoms with van der Waals surface area (Å²) in [6.45, 7) is 5.36. The molecule has 1 amide bonds. The Balaban J connectivity index is 3.32. The van der Waals surface area contributed by atoms with Crippen LogP contribution in [0.15, 0.2) is 0 Å². The number of rotatable bonds is 13. The molecule has 0 aliphatic heterocycles. The monoisotopic (exact) mass is 326 g/mol. The summed E-state index contributed by atoms with van der Waals surface area (Å²) in [5, 5.41) is 2.17. The Kier molecular flexibility index (Phi) is 11.5. The second-order valence-corrected chi connectivity index (χ2v) is 6.82. The standard InChI is InChI=1S/C12H26N2O6S/c1-11(2)21(16,17)14-5-7-20-9-8-19-6-4-13-12(15)10-18-3/h11,14H,4-10H2,1-3H3,(H,13,15). The molecule has 2 N–H and O–H groups in total. The zero-order valence-corrected chi connectivity index (χ0v) is 13.7. The molecule has 0 aromatic rings. The van der Waals surface area contributed by atoms with Crippen molar-refractivity contribution in [3.05, 3.63) is 0 Å². The van der Waals surface area contributed by atoms with Crippen LogP contribution < -0.4 is 10.0 Å². The molecule has 0 atom stereocenters. The molecule has 0 fully saturated rings. The first-order chi connectivity index (χ1) is 9.90. The van der Waals surface area contributed by atoms with Crippen LogP contribution in [0.25, 0.3) is 0 Å².